The number of hydrogen-bond acceptors (Lipinski definition) is 5. The molecule has 1 fully saturated rings. The zero-order chi connectivity index (χ0) is 14.0. The number of nitrogens with one attached hydrogen (secondary N) is 1. The highest BCUT2D eigenvalue weighted by Crippen LogP contribution is 2.45. The lowest BCUT2D eigenvalue weighted by atomic mass is 10.3. The molecule has 2 nitrogen and oxygen atoms in total. The zero-order valence-corrected chi connectivity index (χ0v) is 13.0. The van der Waals surface area contributed by atoms with E-state index >= 15 is 0 Å². The molecular weight excluding hydrogens is 313 g/mol. The summed E-state index contributed by atoms with van der Waals surface area (Å²) in [5, 5.41) is 3.79. The average molecular weight is 328 g/mol. The summed E-state index contributed by atoms with van der Waals surface area (Å²) in [6.07, 6.45) is -4.36. The molecule has 108 valence electrons. The van der Waals surface area contributed by atoms with Crippen LogP contribution >= 0.6 is 34.9 Å². The molecule has 0 radical (unpaired) electrons. The van der Waals surface area contributed by atoms with Crippen molar-refractivity contribution in [3.63, 3.8) is 0 Å². The molecular formula is C11H15F3N2S3. The Morgan fingerprint density at radius 1 is 1.32 bits per heavy atom. The van der Waals surface area contributed by atoms with Crippen LogP contribution in [-0.4, -0.2) is 28.8 Å². The van der Waals surface area contributed by atoms with Crippen LogP contribution in [0.25, 0.3) is 0 Å². The predicted octanol–water partition coefficient (Wildman–Crippen LogP) is 3.79. The van der Waals surface area contributed by atoms with E-state index in [1.807, 2.05) is 0 Å². The molecule has 0 saturated carbocycles. The van der Waals surface area contributed by atoms with Crippen molar-refractivity contribution >= 4 is 34.9 Å². The molecule has 1 aromatic rings. The summed E-state index contributed by atoms with van der Waals surface area (Å²) in [6, 6.07) is 0. The summed E-state index contributed by atoms with van der Waals surface area (Å²) < 4.78 is 38.9. The van der Waals surface area contributed by atoms with Crippen molar-refractivity contribution in [2.24, 2.45) is 0 Å². The summed E-state index contributed by atoms with van der Waals surface area (Å²) in [5.41, 5.74) is -0.717. The van der Waals surface area contributed by atoms with Crippen molar-refractivity contribution in [3.05, 3.63) is 15.6 Å². The van der Waals surface area contributed by atoms with Crippen molar-refractivity contribution < 1.29 is 13.2 Å². The fourth-order valence-corrected chi connectivity index (χ4v) is 6.15. The molecule has 19 heavy (non-hydrogen) atoms. The fraction of sp³-hybridized carbons (Fsp3) is 0.727. The van der Waals surface area contributed by atoms with Gasteiger partial charge in [-0.15, -0.1) is 23.1 Å². The van der Waals surface area contributed by atoms with Gasteiger partial charge in [-0.1, -0.05) is 6.92 Å². The minimum Gasteiger partial charge on any atom is -0.315 e. The number of thiazole rings is 1. The quantitative estimate of drug-likeness (QED) is 0.912. The molecule has 1 aliphatic heterocycles. The first kappa shape index (κ1) is 15.5. The molecule has 2 rings (SSSR count). The number of nitrogens with zero attached hydrogens (tertiary/aromatic N) is 1. The third-order valence-electron chi connectivity index (χ3n) is 2.75. The Morgan fingerprint density at radius 3 is 2.58 bits per heavy atom. The van der Waals surface area contributed by atoms with Gasteiger partial charge in [0.15, 0.2) is 5.69 Å². The lowest BCUT2D eigenvalue weighted by Gasteiger charge is -2.25. The minimum atomic E-state index is -4.36. The molecule has 0 amide bonds. The van der Waals surface area contributed by atoms with Crippen LogP contribution in [0.1, 0.15) is 27.8 Å². The first-order valence-corrected chi connectivity index (χ1v) is 8.79. The topological polar surface area (TPSA) is 24.9 Å². The predicted molar refractivity (Wildman–Crippen MR) is 77.0 cm³/mol. The molecule has 0 aliphatic carbocycles. The molecule has 2 heterocycles. The molecule has 8 heteroatoms. The van der Waals surface area contributed by atoms with Gasteiger partial charge >= 0.3 is 6.18 Å². The van der Waals surface area contributed by atoms with Crippen molar-refractivity contribution in [3.8, 4) is 0 Å². The van der Waals surface area contributed by atoms with Crippen LogP contribution in [0.4, 0.5) is 13.2 Å². The number of thioether (sulfide) groups is 2. The van der Waals surface area contributed by atoms with E-state index in [1.54, 1.807) is 30.6 Å². The number of alkyl halides is 3. The summed E-state index contributed by atoms with van der Waals surface area (Å²) >= 11 is 4.71. The van der Waals surface area contributed by atoms with Gasteiger partial charge in [-0.2, -0.15) is 24.9 Å². The fourth-order valence-electron chi connectivity index (χ4n) is 1.90. The van der Waals surface area contributed by atoms with Gasteiger partial charge in [0, 0.05) is 23.3 Å². The second-order valence-corrected chi connectivity index (χ2v) is 8.07. The third kappa shape index (κ3) is 3.59. The van der Waals surface area contributed by atoms with Crippen molar-refractivity contribution in [1.82, 2.24) is 10.3 Å². The number of rotatable bonds is 3. The van der Waals surface area contributed by atoms with Crippen LogP contribution in [-0.2, 0) is 12.7 Å². The van der Waals surface area contributed by atoms with E-state index in [4.69, 9.17) is 0 Å². The normalized spacial score (nSPS) is 24.7. The Hall–Kier alpha value is 0.0800. The minimum absolute atomic E-state index is 0.0791. The second kappa shape index (κ2) is 6.24. The highest BCUT2D eigenvalue weighted by Gasteiger charge is 2.39. The van der Waals surface area contributed by atoms with E-state index in [2.05, 4.69) is 17.2 Å². The molecule has 1 N–H and O–H groups in total. The van der Waals surface area contributed by atoms with Crippen molar-refractivity contribution in [2.45, 2.75) is 30.1 Å². The van der Waals surface area contributed by atoms with E-state index in [1.165, 1.54) is 11.3 Å². The Labute approximate surface area is 122 Å². The van der Waals surface area contributed by atoms with Gasteiger partial charge in [0.05, 0.1) is 10.1 Å². The van der Waals surface area contributed by atoms with Crippen molar-refractivity contribution in [2.75, 3.05) is 18.6 Å². The average Bonchev–Trinajstić information content (AvgIpc) is 2.74. The molecule has 2 atom stereocenters. The van der Waals surface area contributed by atoms with Gasteiger partial charge in [-0.25, -0.2) is 4.98 Å². The van der Waals surface area contributed by atoms with Crippen molar-refractivity contribution in [1.29, 1.82) is 0 Å². The Balaban J connectivity index is 2.31. The Bertz CT molecular complexity index is 433. The van der Waals surface area contributed by atoms with Gasteiger partial charge < -0.3 is 5.32 Å². The molecule has 1 aliphatic rings. The maximum atomic E-state index is 13.0. The first-order chi connectivity index (χ1) is 8.93. The second-order valence-electron chi connectivity index (χ2n) is 4.22. The molecule has 0 aromatic carbocycles. The standard InChI is InChI=1S/C11H15F3N2S3/c1-6-8(18-4-3-17-6)10-16-9(11(12,13)14)7(19-10)5-15-2/h6,8,15H,3-5H2,1-2H3. The maximum absolute atomic E-state index is 13.0. The van der Waals surface area contributed by atoms with Crippen LogP contribution in [0, 0.1) is 0 Å². The highest BCUT2D eigenvalue weighted by molar-refractivity contribution is 8.06. The lowest BCUT2D eigenvalue weighted by molar-refractivity contribution is -0.141. The van der Waals surface area contributed by atoms with E-state index in [0.717, 1.165) is 11.5 Å². The van der Waals surface area contributed by atoms with Crippen LogP contribution in [0.2, 0.25) is 0 Å². The Kier molecular flexibility index (Phi) is 5.08. The van der Waals surface area contributed by atoms with Gasteiger partial charge in [0.2, 0.25) is 0 Å². The number of hydrogen-bond donors (Lipinski definition) is 1. The summed E-state index contributed by atoms with van der Waals surface area (Å²) in [7, 11) is 1.65. The SMILES string of the molecule is CNCc1sc(C2SCCSC2C)nc1C(F)(F)F. The van der Waals surface area contributed by atoms with Gasteiger partial charge in [-0.05, 0) is 7.05 Å². The molecule has 1 saturated heterocycles. The van der Waals surface area contributed by atoms with Crippen LogP contribution < -0.4 is 5.32 Å². The van der Waals surface area contributed by atoms with E-state index in [-0.39, 0.29) is 16.7 Å². The van der Waals surface area contributed by atoms with E-state index in [9.17, 15) is 13.2 Å². The maximum Gasteiger partial charge on any atom is 0.434 e. The van der Waals surface area contributed by atoms with Crippen LogP contribution in [0.5, 0.6) is 0 Å². The molecule has 0 spiro atoms. The Morgan fingerprint density at radius 2 is 2.00 bits per heavy atom. The smallest absolute Gasteiger partial charge is 0.315 e. The first-order valence-electron chi connectivity index (χ1n) is 5.88. The largest absolute Gasteiger partial charge is 0.434 e. The number of aromatic nitrogens is 1. The van der Waals surface area contributed by atoms with Gasteiger partial charge in [0.25, 0.3) is 0 Å². The number of halogens is 3. The lowest BCUT2D eigenvalue weighted by Crippen LogP contribution is -2.16. The van der Waals surface area contributed by atoms with Crippen LogP contribution in [0.15, 0.2) is 0 Å². The van der Waals surface area contributed by atoms with Gasteiger partial charge in [-0.3, -0.25) is 0 Å². The monoisotopic (exact) mass is 328 g/mol. The van der Waals surface area contributed by atoms with E-state index < -0.39 is 11.9 Å². The van der Waals surface area contributed by atoms with Crippen LogP contribution in [0.3, 0.4) is 0 Å². The summed E-state index contributed by atoms with van der Waals surface area (Å²) in [6.45, 7) is 2.28. The summed E-state index contributed by atoms with van der Waals surface area (Å²) in [4.78, 5) is 4.18. The molecule has 1 aromatic heterocycles. The van der Waals surface area contributed by atoms with E-state index in [0.29, 0.717) is 10.3 Å². The van der Waals surface area contributed by atoms with Gasteiger partial charge in [0.1, 0.15) is 5.01 Å². The third-order valence-corrected chi connectivity index (χ3v) is 7.14. The summed E-state index contributed by atoms with van der Waals surface area (Å²) in [5.74, 6) is 2.03. The zero-order valence-electron chi connectivity index (χ0n) is 10.6. The molecule has 0 bridgehead atoms. The highest BCUT2D eigenvalue weighted by atomic mass is 32.2. The molecule has 2 unspecified atom stereocenters.